The molecular formula is C18H12F2N4. The highest BCUT2D eigenvalue weighted by atomic mass is 19.3. The predicted octanol–water partition coefficient (Wildman–Crippen LogP) is 4.40. The summed E-state index contributed by atoms with van der Waals surface area (Å²) in [7, 11) is 0. The molecule has 0 radical (unpaired) electrons. The number of halogens is 2. The smallest absolute Gasteiger partial charge is 0.263 e. The molecule has 3 heterocycles. The number of hydrogen-bond donors (Lipinski definition) is 0. The Hall–Kier alpha value is -3.15. The predicted molar refractivity (Wildman–Crippen MR) is 86.6 cm³/mol. The fourth-order valence-corrected chi connectivity index (χ4v) is 2.59. The third-order valence-corrected chi connectivity index (χ3v) is 3.75. The van der Waals surface area contributed by atoms with Crippen molar-refractivity contribution in [2.45, 2.75) is 6.43 Å². The fourth-order valence-electron chi connectivity index (χ4n) is 2.59. The second-order valence-electron chi connectivity index (χ2n) is 5.30. The lowest BCUT2D eigenvalue weighted by molar-refractivity contribution is 0.143. The third-order valence-electron chi connectivity index (χ3n) is 3.75. The van der Waals surface area contributed by atoms with E-state index in [0.29, 0.717) is 11.3 Å². The van der Waals surface area contributed by atoms with Gasteiger partial charge in [0, 0.05) is 35.8 Å². The first kappa shape index (κ1) is 14.4. The van der Waals surface area contributed by atoms with Crippen LogP contribution in [0.3, 0.4) is 0 Å². The summed E-state index contributed by atoms with van der Waals surface area (Å²) in [6, 6.07) is 14.7. The molecule has 3 aromatic heterocycles. The van der Waals surface area contributed by atoms with Gasteiger partial charge >= 0.3 is 0 Å². The summed E-state index contributed by atoms with van der Waals surface area (Å²) < 4.78 is 27.4. The highest BCUT2D eigenvalue weighted by Gasteiger charge is 2.15. The molecule has 4 rings (SSSR count). The van der Waals surface area contributed by atoms with E-state index in [1.165, 1.54) is 16.8 Å². The van der Waals surface area contributed by atoms with Crippen LogP contribution >= 0.6 is 0 Å². The van der Waals surface area contributed by atoms with E-state index in [9.17, 15) is 8.78 Å². The summed E-state index contributed by atoms with van der Waals surface area (Å²) in [6.45, 7) is 0. The lowest BCUT2D eigenvalue weighted by Gasteiger charge is -2.03. The molecule has 6 heteroatoms. The number of nitrogens with zero attached hydrogens (tertiary/aromatic N) is 4. The van der Waals surface area contributed by atoms with Gasteiger partial charge < -0.3 is 0 Å². The van der Waals surface area contributed by atoms with Crippen molar-refractivity contribution in [3.63, 3.8) is 0 Å². The van der Waals surface area contributed by atoms with Crippen molar-refractivity contribution in [3.8, 4) is 22.4 Å². The quantitative estimate of drug-likeness (QED) is 0.561. The molecule has 0 aliphatic heterocycles. The van der Waals surface area contributed by atoms with Gasteiger partial charge in [0.1, 0.15) is 5.69 Å². The highest BCUT2D eigenvalue weighted by molar-refractivity contribution is 5.71. The molecule has 0 amide bonds. The molecule has 0 aliphatic rings. The molecule has 4 aromatic rings. The monoisotopic (exact) mass is 322 g/mol. The van der Waals surface area contributed by atoms with Crippen LogP contribution in [0.5, 0.6) is 0 Å². The molecule has 0 saturated heterocycles. The van der Waals surface area contributed by atoms with Gasteiger partial charge in [-0.15, -0.1) is 0 Å². The summed E-state index contributed by atoms with van der Waals surface area (Å²) in [6.07, 6.45) is 2.17. The van der Waals surface area contributed by atoms with E-state index in [1.807, 2.05) is 36.4 Å². The van der Waals surface area contributed by atoms with Gasteiger partial charge in [0.2, 0.25) is 0 Å². The fraction of sp³-hybridized carbons (Fsp3) is 0.0556. The lowest BCUT2D eigenvalue weighted by Crippen LogP contribution is -2.00. The first-order chi connectivity index (χ1) is 11.7. The number of alkyl halides is 2. The zero-order valence-corrected chi connectivity index (χ0v) is 12.5. The molecule has 0 aliphatic carbocycles. The Morgan fingerprint density at radius 2 is 1.67 bits per heavy atom. The van der Waals surface area contributed by atoms with Crippen molar-refractivity contribution in [2.24, 2.45) is 0 Å². The summed E-state index contributed by atoms with van der Waals surface area (Å²) in [5.74, 6) is 0. The Morgan fingerprint density at radius 3 is 2.46 bits per heavy atom. The average Bonchev–Trinajstić information content (AvgIpc) is 3.06. The van der Waals surface area contributed by atoms with Crippen molar-refractivity contribution in [1.29, 1.82) is 0 Å². The Morgan fingerprint density at radius 1 is 0.875 bits per heavy atom. The normalized spacial score (nSPS) is 11.3. The molecule has 0 unspecified atom stereocenters. The SMILES string of the molecule is FC(F)c1ccnc2cc(-c3cncc(-c4ccccc4)c3)nn12. The van der Waals surface area contributed by atoms with Crippen molar-refractivity contribution in [2.75, 3.05) is 0 Å². The molecule has 0 atom stereocenters. The molecule has 0 N–H and O–H groups in total. The van der Waals surface area contributed by atoms with Gasteiger partial charge in [0.25, 0.3) is 6.43 Å². The van der Waals surface area contributed by atoms with Gasteiger partial charge in [-0.05, 0) is 17.7 Å². The first-order valence-electron chi connectivity index (χ1n) is 7.36. The van der Waals surface area contributed by atoms with Crippen LogP contribution in [0.4, 0.5) is 8.78 Å². The van der Waals surface area contributed by atoms with Crippen LogP contribution < -0.4 is 0 Å². The maximum atomic E-state index is 13.1. The van der Waals surface area contributed by atoms with Crippen LogP contribution in [-0.4, -0.2) is 19.6 Å². The number of pyridine rings is 1. The minimum Gasteiger partial charge on any atom is -0.263 e. The molecular weight excluding hydrogens is 310 g/mol. The van der Waals surface area contributed by atoms with Gasteiger partial charge in [0.15, 0.2) is 5.65 Å². The van der Waals surface area contributed by atoms with E-state index >= 15 is 0 Å². The number of benzene rings is 1. The Kier molecular flexibility index (Phi) is 3.49. The molecule has 0 fully saturated rings. The minimum absolute atomic E-state index is 0.182. The number of rotatable bonds is 3. The van der Waals surface area contributed by atoms with E-state index in [2.05, 4.69) is 15.1 Å². The number of fused-ring (bicyclic) bond motifs is 1. The van der Waals surface area contributed by atoms with Gasteiger partial charge in [-0.25, -0.2) is 18.3 Å². The van der Waals surface area contributed by atoms with E-state index in [-0.39, 0.29) is 5.69 Å². The van der Waals surface area contributed by atoms with Gasteiger partial charge in [0.05, 0.1) is 5.69 Å². The maximum absolute atomic E-state index is 13.1. The van der Waals surface area contributed by atoms with Crippen molar-refractivity contribution in [1.82, 2.24) is 19.6 Å². The Labute approximate surface area is 136 Å². The molecule has 0 saturated carbocycles. The lowest BCUT2D eigenvalue weighted by atomic mass is 10.1. The molecule has 0 bridgehead atoms. The summed E-state index contributed by atoms with van der Waals surface area (Å²) >= 11 is 0. The van der Waals surface area contributed by atoms with E-state index in [1.54, 1.807) is 18.5 Å². The van der Waals surface area contributed by atoms with Gasteiger partial charge in [-0.2, -0.15) is 5.10 Å². The van der Waals surface area contributed by atoms with Crippen LogP contribution in [0.15, 0.2) is 67.1 Å². The highest BCUT2D eigenvalue weighted by Crippen LogP contribution is 2.26. The van der Waals surface area contributed by atoms with E-state index in [4.69, 9.17) is 0 Å². The summed E-state index contributed by atoms with van der Waals surface area (Å²) in [5, 5.41) is 4.27. The standard InChI is InChI=1S/C18H12F2N4/c19-18(20)16-6-7-22-17-9-15(23-24(16)17)14-8-13(10-21-11-14)12-4-2-1-3-5-12/h1-11,18H. The van der Waals surface area contributed by atoms with Crippen LogP contribution in [0.1, 0.15) is 12.1 Å². The molecule has 24 heavy (non-hydrogen) atoms. The van der Waals surface area contributed by atoms with E-state index < -0.39 is 6.43 Å². The zero-order valence-electron chi connectivity index (χ0n) is 12.5. The van der Waals surface area contributed by atoms with Crippen LogP contribution in [0.25, 0.3) is 28.0 Å². The van der Waals surface area contributed by atoms with Crippen LogP contribution in [-0.2, 0) is 0 Å². The van der Waals surface area contributed by atoms with Crippen molar-refractivity contribution < 1.29 is 8.78 Å². The van der Waals surface area contributed by atoms with E-state index in [0.717, 1.165) is 16.7 Å². The molecule has 118 valence electrons. The van der Waals surface area contributed by atoms with Crippen LogP contribution in [0.2, 0.25) is 0 Å². The molecule has 0 spiro atoms. The molecule has 4 nitrogen and oxygen atoms in total. The largest absolute Gasteiger partial charge is 0.280 e. The zero-order chi connectivity index (χ0) is 16.5. The van der Waals surface area contributed by atoms with Gasteiger partial charge in [-0.1, -0.05) is 30.3 Å². The second-order valence-corrected chi connectivity index (χ2v) is 5.30. The molecule has 1 aromatic carbocycles. The number of aromatic nitrogens is 4. The summed E-state index contributed by atoms with van der Waals surface area (Å²) in [4.78, 5) is 8.35. The Bertz CT molecular complexity index is 996. The Balaban J connectivity index is 1.82. The number of hydrogen-bond acceptors (Lipinski definition) is 3. The average molecular weight is 322 g/mol. The third kappa shape index (κ3) is 2.52. The minimum atomic E-state index is -2.61. The topological polar surface area (TPSA) is 43.1 Å². The van der Waals surface area contributed by atoms with Crippen molar-refractivity contribution >= 4 is 5.65 Å². The van der Waals surface area contributed by atoms with Crippen LogP contribution in [0, 0.1) is 0 Å². The van der Waals surface area contributed by atoms with Crippen molar-refractivity contribution in [3.05, 3.63) is 72.8 Å². The summed E-state index contributed by atoms with van der Waals surface area (Å²) in [5.41, 5.74) is 3.48. The van der Waals surface area contributed by atoms with Gasteiger partial charge in [-0.3, -0.25) is 4.98 Å². The maximum Gasteiger partial charge on any atom is 0.280 e. The second kappa shape index (κ2) is 5.81. The first-order valence-corrected chi connectivity index (χ1v) is 7.36.